The molecule has 3 N–H and O–H groups in total. The van der Waals surface area contributed by atoms with Crippen LogP contribution in [0.15, 0.2) is 88.8 Å². The van der Waals surface area contributed by atoms with E-state index in [0.29, 0.717) is 24.3 Å². The van der Waals surface area contributed by atoms with Crippen molar-refractivity contribution >= 4 is 35.9 Å². The van der Waals surface area contributed by atoms with E-state index in [1.807, 2.05) is 94.4 Å². The molecule has 0 spiro atoms. The maximum absolute atomic E-state index is 14.1. The lowest BCUT2D eigenvalue weighted by atomic mass is 9.82. The van der Waals surface area contributed by atoms with Crippen LogP contribution in [0, 0.1) is 11.8 Å². The van der Waals surface area contributed by atoms with Crippen molar-refractivity contribution in [1.29, 1.82) is 0 Å². The Bertz CT molecular complexity index is 2020. The first-order valence-corrected chi connectivity index (χ1v) is 19.8. The maximum atomic E-state index is 14.1. The van der Waals surface area contributed by atoms with E-state index >= 15 is 0 Å². The molecule has 4 amide bonds. The molecule has 0 radical (unpaired) electrons. The van der Waals surface area contributed by atoms with Gasteiger partial charge in [-0.1, -0.05) is 88.4 Å². The molecule has 2 aliphatic rings. The van der Waals surface area contributed by atoms with Crippen LogP contribution in [0.25, 0.3) is 0 Å². The molecule has 318 valence electrons. The molecule has 0 bridgehead atoms. The molecule has 14 heteroatoms. The van der Waals surface area contributed by atoms with E-state index in [1.54, 1.807) is 67.9 Å². The average molecular weight is 813 g/mol. The predicted octanol–water partition coefficient (Wildman–Crippen LogP) is 7.81. The number of methoxy groups -OCH3 is 2. The van der Waals surface area contributed by atoms with Crippen molar-refractivity contribution in [3.8, 4) is 11.5 Å². The van der Waals surface area contributed by atoms with E-state index in [9.17, 15) is 19.2 Å². The molecule has 2 atom stereocenters. The number of nitrogens with one attached hydrogen (secondary N) is 3. The molecule has 2 aliphatic heterocycles. The number of nitrogens with zero attached hydrogens (tertiary/aromatic N) is 3. The van der Waals surface area contributed by atoms with Crippen molar-refractivity contribution in [3.63, 3.8) is 0 Å². The lowest BCUT2D eigenvalue weighted by Gasteiger charge is -2.28. The highest BCUT2D eigenvalue weighted by Gasteiger charge is 2.51. The van der Waals surface area contributed by atoms with Gasteiger partial charge in [-0.15, -0.1) is 0 Å². The number of ether oxygens (including phenoxy) is 4. The molecule has 0 aromatic heterocycles. The lowest BCUT2D eigenvalue weighted by Crippen LogP contribution is -2.47. The zero-order chi connectivity index (χ0) is 43.8. The number of aliphatic imine (C=N–C) groups is 2. The summed E-state index contributed by atoms with van der Waals surface area (Å²) in [6.07, 6.45) is -0.299. The van der Waals surface area contributed by atoms with Crippen molar-refractivity contribution in [3.05, 3.63) is 95.6 Å². The molecule has 0 unspecified atom stereocenters. The van der Waals surface area contributed by atoms with Gasteiger partial charge in [0.25, 0.3) is 11.8 Å². The van der Waals surface area contributed by atoms with Crippen LogP contribution in [0.1, 0.15) is 98.8 Å². The maximum Gasteiger partial charge on any atom is 0.414 e. The topological polar surface area (TPSA) is 169 Å². The van der Waals surface area contributed by atoms with Gasteiger partial charge in [-0.05, 0) is 89.5 Å². The Morgan fingerprint density at radius 2 is 1.22 bits per heavy atom. The highest BCUT2D eigenvalue weighted by atomic mass is 16.6. The number of rotatable bonds is 10. The summed E-state index contributed by atoms with van der Waals surface area (Å²) in [7, 11) is 3.14. The summed E-state index contributed by atoms with van der Waals surface area (Å²) in [6.45, 7) is 19.0. The van der Waals surface area contributed by atoms with Crippen LogP contribution in [0.5, 0.6) is 11.5 Å². The van der Waals surface area contributed by atoms with Crippen LogP contribution in [-0.4, -0.2) is 66.2 Å². The fraction of sp³-hybridized carbons (Fsp3) is 0.467. The number of carbonyl (C=O) groups is 4. The lowest BCUT2D eigenvalue weighted by molar-refractivity contribution is -0.132. The van der Waals surface area contributed by atoms with Gasteiger partial charge in [0.05, 0.1) is 20.8 Å². The largest absolute Gasteiger partial charge is 0.497 e. The van der Waals surface area contributed by atoms with Crippen LogP contribution in [0.4, 0.5) is 9.59 Å². The molecule has 0 aliphatic carbocycles. The molecule has 0 saturated heterocycles. The van der Waals surface area contributed by atoms with Gasteiger partial charge in [-0.25, -0.2) is 19.6 Å². The monoisotopic (exact) mass is 812 g/mol. The smallest absolute Gasteiger partial charge is 0.414 e. The number of guanidine groups is 2. The molecule has 14 nitrogen and oxygen atoms in total. The second-order valence-electron chi connectivity index (χ2n) is 17.3. The number of hydrogen-bond donors (Lipinski definition) is 3. The number of hydrogen-bond acceptors (Lipinski definition) is 10. The van der Waals surface area contributed by atoms with Crippen LogP contribution >= 0.6 is 0 Å². The quantitative estimate of drug-likeness (QED) is 0.186. The van der Waals surface area contributed by atoms with Crippen molar-refractivity contribution in [2.45, 2.75) is 111 Å². The van der Waals surface area contributed by atoms with Gasteiger partial charge < -0.3 is 18.9 Å². The zero-order valence-corrected chi connectivity index (χ0v) is 36.4. The standard InChI is InChI=1S/C27H35N3O5.C18H25N3O3/c1-18(2)16-27(20-11-9-8-10-12-20)23(31)30(24(29-27)28-25(32)35-26(3,4)5)17-19-13-14-21(33-6)15-22(19)34-7;1-12(2)11-18(13-9-7-6-8-10-13)14(22)19-15(21-18)20-16(23)24-17(3,4)5/h8-15,18H,16-17H2,1-7H3,(H,28,29,32);6-10,12H,11H2,1-5H3,(H2,19,20,21,22,23)/t27-;18-/m11/s1. The van der Waals surface area contributed by atoms with Gasteiger partial charge in [0.15, 0.2) is 11.1 Å². The average Bonchev–Trinajstić information content (AvgIpc) is 3.58. The Labute approximate surface area is 348 Å². The van der Waals surface area contributed by atoms with Crippen LogP contribution in [0.3, 0.4) is 0 Å². The second kappa shape index (κ2) is 18.8. The van der Waals surface area contributed by atoms with Crippen molar-refractivity contribution in [2.75, 3.05) is 14.2 Å². The Kier molecular flexibility index (Phi) is 14.6. The minimum absolute atomic E-state index is 0.124. The molecular weight excluding hydrogens is 753 g/mol. The minimum atomic E-state index is -1.17. The van der Waals surface area contributed by atoms with Crippen LogP contribution in [0.2, 0.25) is 0 Å². The molecule has 0 saturated carbocycles. The van der Waals surface area contributed by atoms with Crippen molar-refractivity contribution in [1.82, 2.24) is 20.9 Å². The van der Waals surface area contributed by atoms with E-state index in [4.69, 9.17) is 23.9 Å². The summed E-state index contributed by atoms with van der Waals surface area (Å²) in [4.78, 5) is 62.3. The first-order chi connectivity index (χ1) is 27.6. The van der Waals surface area contributed by atoms with E-state index in [1.165, 1.54) is 4.90 Å². The van der Waals surface area contributed by atoms with Gasteiger partial charge in [0, 0.05) is 11.6 Å². The zero-order valence-electron chi connectivity index (χ0n) is 36.4. The summed E-state index contributed by atoms with van der Waals surface area (Å²) >= 11 is 0. The molecule has 0 fully saturated rings. The van der Waals surface area contributed by atoms with E-state index in [2.05, 4.69) is 20.9 Å². The van der Waals surface area contributed by atoms with Gasteiger partial charge in [0.1, 0.15) is 22.7 Å². The van der Waals surface area contributed by atoms with Crippen molar-refractivity contribution < 1.29 is 38.1 Å². The van der Waals surface area contributed by atoms with E-state index < -0.39 is 34.5 Å². The van der Waals surface area contributed by atoms with Gasteiger partial charge in [-0.2, -0.15) is 0 Å². The fourth-order valence-corrected chi connectivity index (χ4v) is 6.84. The predicted molar refractivity (Wildman–Crippen MR) is 227 cm³/mol. The highest BCUT2D eigenvalue weighted by molar-refractivity contribution is 6.12. The first-order valence-electron chi connectivity index (χ1n) is 19.8. The van der Waals surface area contributed by atoms with E-state index in [-0.39, 0.29) is 42.1 Å². The Hall–Kier alpha value is -5.92. The van der Waals surface area contributed by atoms with Crippen LogP contribution in [-0.2, 0) is 36.7 Å². The number of alkyl carbamates (subject to hydrolysis) is 2. The van der Waals surface area contributed by atoms with Crippen LogP contribution < -0.4 is 25.4 Å². The summed E-state index contributed by atoms with van der Waals surface area (Å²) in [5.74, 6) is 1.43. The highest BCUT2D eigenvalue weighted by Crippen LogP contribution is 2.40. The van der Waals surface area contributed by atoms with Gasteiger partial charge >= 0.3 is 12.2 Å². The van der Waals surface area contributed by atoms with Crippen molar-refractivity contribution in [2.24, 2.45) is 21.8 Å². The summed E-state index contributed by atoms with van der Waals surface area (Å²) in [5, 5.41) is 7.91. The molecule has 3 aromatic rings. The molecular formula is C45H60N6O8. The molecule has 3 aromatic carbocycles. The molecule has 2 heterocycles. The Morgan fingerprint density at radius 3 is 1.71 bits per heavy atom. The van der Waals surface area contributed by atoms with Gasteiger partial charge in [0.2, 0.25) is 11.9 Å². The normalized spacial score (nSPS) is 19.0. The van der Waals surface area contributed by atoms with E-state index in [0.717, 1.165) is 16.7 Å². The summed E-state index contributed by atoms with van der Waals surface area (Å²) in [5.41, 5.74) is -1.20. The fourth-order valence-electron chi connectivity index (χ4n) is 6.84. The number of benzene rings is 3. The summed E-state index contributed by atoms with van der Waals surface area (Å²) < 4.78 is 21.5. The second-order valence-corrected chi connectivity index (χ2v) is 17.3. The molecule has 59 heavy (non-hydrogen) atoms. The third-order valence-electron chi connectivity index (χ3n) is 9.03. The Morgan fingerprint density at radius 1 is 0.712 bits per heavy atom. The number of carbonyl (C=O) groups excluding carboxylic acids is 4. The van der Waals surface area contributed by atoms with Gasteiger partial charge in [-0.3, -0.25) is 30.4 Å². The number of amides is 4. The first kappa shape index (κ1) is 45.8. The molecule has 5 rings (SSSR count). The Balaban J connectivity index is 0.000000280. The minimum Gasteiger partial charge on any atom is -0.497 e. The SMILES string of the molecule is CC(C)C[C@]1(c2ccccc2)N=C(NC(=O)OC(C)(C)C)NC1=O.COc1ccc(CN2C(=O)[C@@](CC(C)C)(c3ccccc3)N=C2NC(=O)OC(C)(C)C)c(OC)c1. The third kappa shape index (κ3) is 11.8. The third-order valence-corrected chi connectivity index (χ3v) is 9.03. The summed E-state index contributed by atoms with van der Waals surface area (Å²) in [6, 6.07) is 24.2.